The number of aldehydes is 1. The number of anilines is 1. The molecule has 2 nitrogen and oxygen atoms in total. The maximum atomic E-state index is 13.7. The molecule has 1 aliphatic heterocycles. The molecule has 110 valence electrons. The SMILES string of the molecule is CC(C)(C)C1CCCN(c2cccc(F)c2C=O)CC1. The maximum absolute atomic E-state index is 13.7. The average molecular weight is 277 g/mol. The monoisotopic (exact) mass is 277 g/mol. The minimum absolute atomic E-state index is 0.196. The fourth-order valence-electron chi connectivity index (χ4n) is 3.12. The van der Waals surface area contributed by atoms with Crippen molar-refractivity contribution in [3.05, 3.63) is 29.6 Å². The molecule has 1 unspecified atom stereocenters. The van der Waals surface area contributed by atoms with Crippen molar-refractivity contribution in [2.24, 2.45) is 11.3 Å². The Bertz CT molecular complexity index is 478. The molecule has 0 saturated carbocycles. The fraction of sp³-hybridized carbons (Fsp3) is 0.588. The second-order valence-corrected chi connectivity index (χ2v) is 6.77. The Hall–Kier alpha value is -1.38. The maximum Gasteiger partial charge on any atom is 0.155 e. The van der Waals surface area contributed by atoms with Crippen LogP contribution in [0.3, 0.4) is 0 Å². The van der Waals surface area contributed by atoms with E-state index in [0.29, 0.717) is 17.6 Å². The normalized spacial score (nSPS) is 20.6. The van der Waals surface area contributed by atoms with Gasteiger partial charge in [0.15, 0.2) is 6.29 Å². The van der Waals surface area contributed by atoms with E-state index in [1.807, 2.05) is 6.07 Å². The number of benzene rings is 1. The molecule has 0 radical (unpaired) electrons. The van der Waals surface area contributed by atoms with Gasteiger partial charge in [-0.3, -0.25) is 4.79 Å². The van der Waals surface area contributed by atoms with Gasteiger partial charge in [0.1, 0.15) is 5.82 Å². The van der Waals surface area contributed by atoms with Crippen LogP contribution in [0.25, 0.3) is 0 Å². The van der Waals surface area contributed by atoms with Crippen molar-refractivity contribution in [1.29, 1.82) is 0 Å². The van der Waals surface area contributed by atoms with Crippen LogP contribution in [-0.4, -0.2) is 19.4 Å². The van der Waals surface area contributed by atoms with Crippen molar-refractivity contribution in [2.75, 3.05) is 18.0 Å². The lowest BCUT2D eigenvalue weighted by atomic mass is 9.77. The van der Waals surface area contributed by atoms with E-state index in [1.165, 1.54) is 12.5 Å². The van der Waals surface area contributed by atoms with E-state index in [0.717, 1.165) is 31.6 Å². The zero-order valence-electron chi connectivity index (χ0n) is 12.7. The Kier molecular flexibility index (Phi) is 4.46. The lowest BCUT2D eigenvalue weighted by Crippen LogP contribution is -2.27. The second kappa shape index (κ2) is 5.94. The third kappa shape index (κ3) is 3.20. The molecule has 0 N–H and O–H groups in total. The number of carbonyl (C=O) groups is 1. The predicted molar refractivity (Wildman–Crippen MR) is 80.8 cm³/mol. The van der Waals surface area contributed by atoms with Crippen molar-refractivity contribution < 1.29 is 9.18 Å². The Labute approximate surface area is 121 Å². The van der Waals surface area contributed by atoms with Crippen molar-refractivity contribution in [3.8, 4) is 0 Å². The summed E-state index contributed by atoms with van der Waals surface area (Å²) >= 11 is 0. The van der Waals surface area contributed by atoms with Gasteiger partial charge in [-0.2, -0.15) is 0 Å². The molecule has 0 bridgehead atoms. The zero-order chi connectivity index (χ0) is 14.8. The molecular weight excluding hydrogens is 253 g/mol. The lowest BCUT2D eigenvalue weighted by Gasteiger charge is -2.30. The Morgan fingerprint density at radius 1 is 1.25 bits per heavy atom. The first-order valence-corrected chi connectivity index (χ1v) is 7.42. The van der Waals surface area contributed by atoms with Gasteiger partial charge >= 0.3 is 0 Å². The van der Waals surface area contributed by atoms with E-state index in [1.54, 1.807) is 6.07 Å². The smallest absolute Gasteiger partial charge is 0.155 e. The minimum Gasteiger partial charge on any atom is -0.371 e. The van der Waals surface area contributed by atoms with Gasteiger partial charge in [0.05, 0.1) is 11.3 Å². The van der Waals surface area contributed by atoms with E-state index >= 15 is 0 Å². The van der Waals surface area contributed by atoms with Gasteiger partial charge in [-0.15, -0.1) is 0 Å². The van der Waals surface area contributed by atoms with Crippen LogP contribution in [0.1, 0.15) is 50.4 Å². The van der Waals surface area contributed by atoms with Crippen LogP contribution in [0.15, 0.2) is 18.2 Å². The molecule has 1 saturated heterocycles. The summed E-state index contributed by atoms with van der Waals surface area (Å²) < 4.78 is 13.7. The molecule has 2 rings (SSSR count). The lowest BCUT2D eigenvalue weighted by molar-refractivity contribution is 0.112. The molecule has 1 heterocycles. The van der Waals surface area contributed by atoms with Gasteiger partial charge in [-0.1, -0.05) is 26.8 Å². The van der Waals surface area contributed by atoms with E-state index < -0.39 is 5.82 Å². The van der Waals surface area contributed by atoms with Crippen LogP contribution < -0.4 is 4.90 Å². The minimum atomic E-state index is -0.422. The summed E-state index contributed by atoms with van der Waals surface area (Å²) in [5.41, 5.74) is 1.25. The Balaban J connectivity index is 2.19. The molecule has 1 atom stereocenters. The van der Waals surface area contributed by atoms with Gasteiger partial charge in [-0.05, 0) is 42.7 Å². The average Bonchev–Trinajstić information content (AvgIpc) is 2.63. The first-order valence-electron chi connectivity index (χ1n) is 7.42. The largest absolute Gasteiger partial charge is 0.371 e. The van der Waals surface area contributed by atoms with E-state index in [4.69, 9.17) is 0 Å². The summed E-state index contributed by atoms with van der Waals surface area (Å²) in [6.07, 6.45) is 4.03. The summed E-state index contributed by atoms with van der Waals surface area (Å²) in [6.45, 7) is 8.65. The molecule has 1 fully saturated rings. The van der Waals surface area contributed by atoms with E-state index in [-0.39, 0.29) is 5.56 Å². The molecular formula is C17H24FNO. The Morgan fingerprint density at radius 3 is 2.65 bits per heavy atom. The summed E-state index contributed by atoms with van der Waals surface area (Å²) in [4.78, 5) is 13.3. The molecule has 0 spiro atoms. The molecule has 0 aromatic heterocycles. The highest BCUT2D eigenvalue weighted by molar-refractivity contribution is 5.85. The molecule has 3 heteroatoms. The van der Waals surface area contributed by atoms with Gasteiger partial charge in [0.25, 0.3) is 0 Å². The quantitative estimate of drug-likeness (QED) is 0.752. The number of carbonyl (C=O) groups excluding carboxylic acids is 1. The molecule has 0 aliphatic carbocycles. The van der Waals surface area contributed by atoms with Crippen molar-refractivity contribution >= 4 is 12.0 Å². The third-order valence-electron chi connectivity index (χ3n) is 4.44. The van der Waals surface area contributed by atoms with Crippen molar-refractivity contribution in [3.63, 3.8) is 0 Å². The second-order valence-electron chi connectivity index (χ2n) is 6.77. The number of hydrogen-bond acceptors (Lipinski definition) is 2. The zero-order valence-corrected chi connectivity index (χ0v) is 12.7. The standard InChI is InChI=1S/C17H24FNO/c1-17(2,3)13-6-5-10-19(11-9-13)16-8-4-7-15(18)14(16)12-20/h4,7-8,12-13H,5-6,9-11H2,1-3H3. The van der Waals surface area contributed by atoms with Gasteiger partial charge in [0, 0.05) is 13.1 Å². The molecule has 0 amide bonds. The highest BCUT2D eigenvalue weighted by Crippen LogP contribution is 2.35. The summed E-state index contributed by atoms with van der Waals surface area (Å²) in [7, 11) is 0. The van der Waals surface area contributed by atoms with E-state index in [2.05, 4.69) is 25.7 Å². The third-order valence-corrected chi connectivity index (χ3v) is 4.44. The first-order chi connectivity index (χ1) is 9.43. The van der Waals surface area contributed by atoms with Crippen LogP contribution >= 0.6 is 0 Å². The topological polar surface area (TPSA) is 20.3 Å². The number of halogens is 1. The number of rotatable bonds is 2. The summed E-state index contributed by atoms with van der Waals surface area (Å²) in [6, 6.07) is 4.89. The number of hydrogen-bond donors (Lipinski definition) is 0. The summed E-state index contributed by atoms with van der Waals surface area (Å²) in [5.74, 6) is 0.259. The van der Waals surface area contributed by atoms with E-state index in [9.17, 15) is 9.18 Å². The molecule has 20 heavy (non-hydrogen) atoms. The van der Waals surface area contributed by atoms with Crippen LogP contribution in [0.5, 0.6) is 0 Å². The van der Waals surface area contributed by atoms with Crippen molar-refractivity contribution in [1.82, 2.24) is 0 Å². The predicted octanol–water partition coefficient (Wildman–Crippen LogP) is 4.29. The summed E-state index contributed by atoms with van der Waals surface area (Å²) in [5, 5.41) is 0. The Morgan fingerprint density at radius 2 is 2.00 bits per heavy atom. The van der Waals surface area contributed by atoms with Crippen LogP contribution in [-0.2, 0) is 0 Å². The number of nitrogens with zero attached hydrogens (tertiary/aromatic N) is 1. The van der Waals surface area contributed by atoms with Gasteiger partial charge in [0.2, 0.25) is 0 Å². The fourth-order valence-corrected chi connectivity index (χ4v) is 3.12. The molecule has 1 aromatic carbocycles. The van der Waals surface area contributed by atoms with Crippen molar-refractivity contribution in [2.45, 2.75) is 40.0 Å². The highest BCUT2D eigenvalue weighted by atomic mass is 19.1. The van der Waals surface area contributed by atoms with Crippen LogP contribution in [0.2, 0.25) is 0 Å². The van der Waals surface area contributed by atoms with Crippen LogP contribution in [0, 0.1) is 17.2 Å². The molecule has 1 aliphatic rings. The first kappa shape index (κ1) is 15.0. The van der Waals surface area contributed by atoms with Crippen LogP contribution in [0.4, 0.5) is 10.1 Å². The van der Waals surface area contributed by atoms with Gasteiger partial charge in [-0.25, -0.2) is 4.39 Å². The highest BCUT2D eigenvalue weighted by Gasteiger charge is 2.27. The van der Waals surface area contributed by atoms with Gasteiger partial charge < -0.3 is 4.90 Å². The molecule has 1 aromatic rings.